The summed E-state index contributed by atoms with van der Waals surface area (Å²) < 4.78 is 0. The Bertz CT molecular complexity index is 495. The van der Waals surface area contributed by atoms with Crippen molar-refractivity contribution in [2.24, 2.45) is 5.73 Å². The number of amides is 2. The van der Waals surface area contributed by atoms with E-state index in [1.807, 2.05) is 0 Å². The van der Waals surface area contributed by atoms with Crippen molar-refractivity contribution in [3.8, 4) is 0 Å². The average molecular weight is 326 g/mol. The van der Waals surface area contributed by atoms with Gasteiger partial charge >= 0.3 is 6.03 Å². The molecule has 0 unspecified atom stereocenters. The van der Waals surface area contributed by atoms with Crippen LogP contribution in [0.5, 0.6) is 0 Å². The minimum atomic E-state index is -0.323. The summed E-state index contributed by atoms with van der Waals surface area (Å²) >= 11 is 6.04. The third kappa shape index (κ3) is 6.30. The maximum Gasteiger partial charge on any atom is 0.324 e. The van der Waals surface area contributed by atoms with Gasteiger partial charge in [-0.15, -0.1) is 0 Å². The number of hydrogen-bond acceptors (Lipinski definition) is 3. The molecule has 7 heteroatoms. The summed E-state index contributed by atoms with van der Waals surface area (Å²) in [7, 11) is 0. The maximum absolute atomic E-state index is 12.0. The number of urea groups is 1. The fourth-order valence-electron chi connectivity index (χ4n) is 2.00. The number of carbonyl (C=O) groups excluding carboxylic acids is 1. The van der Waals surface area contributed by atoms with Crippen LogP contribution in [-0.4, -0.2) is 35.0 Å². The molecule has 1 heterocycles. The molecule has 0 radical (unpaired) electrons. The molecule has 6 nitrogen and oxygen atoms in total. The number of pyridine rings is 1. The Morgan fingerprint density at radius 1 is 1.45 bits per heavy atom. The Kier molecular flexibility index (Phi) is 8.28. The van der Waals surface area contributed by atoms with E-state index in [0.29, 0.717) is 31.0 Å². The van der Waals surface area contributed by atoms with E-state index in [1.54, 1.807) is 18.3 Å². The van der Waals surface area contributed by atoms with Gasteiger partial charge in [-0.05, 0) is 31.4 Å². The van der Waals surface area contributed by atoms with E-state index in [0.717, 1.165) is 25.0 Å². The molecule has 0 bridgehead atoms. The van der Waals surface area contributed by atoms with E-state index in [4.69, 9.17) is 22.7 Å². The van der Waals surface area contributed by atoms with E-state index in [1.165, 1.54) is 4.90 Å². The van der Waals surface area contributed by atoms with E-state index < -0.39 is 0 Å². The highest BCUT2D eigenvalue weighted by atomic mass is 35.5. The predicted molar refractivity (Wildman–Crippen MR) is 89.1 cm³/mol. The lowest BCUT2D eigenvalue weighted by molar-refractivity contribution is 0.219. The summed E-state index contributed by atoms with van der Waals surface area (Å²) in [4.78, 5) is 17.4. The minimum absolute atomic E-state index is 0.250. The Balaban J connectivity index is 2.42. The van der Waals surface area contributed by atoms with Crippen LogP contribution in [0.3, 0.4) is 0 Å². The minimum Gasteiger partial charge on any atom is -0.370 e. The number of nitrogens with zero attached hydrogens (tertiary/aromatic N) is 2. The van der Waals surface area contributed by atoms with Gasteiger partial charge in [0.05, 0.1) is 10.7 Å². The summed E-state index contributed by atoms with van der Waals surface area (Å²) in [6, 6.07) is 3.24. The average Bonchev–Trinajstić information content (AvgIpc) is 2.49. The quantitative estimate of drug-likeness (QED) is 0.389. The number of nitrogens with one attached hydrogen (secondary N) is 2. The number of unbranched alkanes of at least 4 members (excludes halogenated alkanes) is 2. The Labute approximate surface area is 136 Å². The molecule has 1 aromatic heterocycles. The molecule has 0 aliphatic heterocycles. The Morgan fingerprint density at radius 3 is 2.86 bits per heavy atom. The zero-order chi connectivity index (χ0) is 16.4. The second-order valence-corrected chi connectivity index (χ2v) is 5.42. The largest absolute Gasteiger partial charge is 0.370 e. The van der Waals surface area contributed by atoms with Crippen molar-refractivity contribution in [2.45, 2.75) is 39.0 Å². The van der Waals surface area contributed by atoms with Crippen LogP contribution < -0.4 is 11.1 Å². The predicted octanol–water partition coefficient (Wildman–Crippen LogP) is 2.76. The van der Waals surface area contributed by atoms with Crippen LogP contribution in [0.2, 0.25) is 5.02 Å². The number of rotatable bonds is 8. The molecule has 1 rings (SSSR count). The molecule has 0 spiro atoms. The second kappa shape index (κ2) is 10.00. The molecule has 0 atom stereocenters. The molecular formula is C15H24ClN5O. The molecule has 2 amide bonds. The topological polar surface area (TPSA) is 95.1 Å². The van der Waals surface area contributed by atoms with Crippen molar-refractivity contribution in [1.29, 1.82) is 5.41 Å². The van der Waals surface area contributed by atoms with E-state index in [-0.39, 0.29) is 12.0 Å². The van der Waals surface area contributed by atoms with Crippen LogP contribution in [-0.2, 0) is 6.42 Å². The fourth-order valence-corrected chi connectivity index (χ4v) is 2.22. The first-order chi connectivity index (χ1) is 10.6. The van der Waals surface area contributed by atoms with E-state index >= 15 is 0 Å². The first-order valence-corrected chi connectivity index (χ1v) is 7.92. The van der Waals surface area contributed by atoms with Crippen molar-refractivity contribution < 1.29 is 4.79 Å². The van der Waals surface area contributed by atoms with Crippen molar-refractivity contribution in [3.63, 3.8) is 0 Å². The van der Waals surface area contributed by atoms with Gasteiger partial charge in [0, 0.05) is 19.3 Å². The summed E-state index contributed by atoms with van der Waals surface area (Å²) in [6.07, 6.45) is 6.04. The standard InChI is InChI=1S/C15H24ClN5O/c1-2-3-4-9-20-15(22)21(14(17)18)11-6-8-13-12(16)7-5-10-19-13/h5,7,10H,2-4,6,8-9,11H2,1H3,(H3,17,18)(H,20,22). The normalized spacial score (nSPS) is 10.3. The fraction of sp³-hybridized carbons (Fsp3) is 0.533. The molecule has 122 valence electrons. The molecule has 0 saturated carbocycles. The van der Waals surface area contributed by atoms with Crippen LogP contribution in [0, 0.1) is 5.41 Å². The molecule has 0 aromatic carbocycles. The number of nitrogens with two attached hydrogens (primary N) is 1. The highest BCUT2D eigenvalue weighted by Gasteiger charge is 2.15. The Morgan fingerprint density at radius 2 is 2.23 bits per heavy atom. The Hall–Kier alpha value is -1.82. The van der Waals surface area contributed by atoms with Gasteiger partial charge in [0.15, 0.2) is 5.96 Å². The van der Waals surface area contributed by atoms with Crippen LogP contribution in [0.15, 0.2) is 18.3 Å². The van der Waals surface area contributed by atoms with Gasteiger partial charge in [-0.3, -0.25) is 15.3 Å². The van der Waals surface area contributed by atoms with E-state index in [2.05, 4.69) is 17.2 Å². The van der Waals surface area contributed by atoms with Crippen molar-refractivity contribution in [1.82, 2.24) is 15.2 Å². The molecule has 4 N–H and O–H groups in total. The first kappa shape index (κ1) is 18.2. The molecule has 0 aliphatic carbocycles. The highest BCUT2D eigenvalue weighted by molar-refractivity contribution is 6.31. The molecule has 0 aliphatic rings. The molecule has 0 saturated heterocycles. The summed E-state index contributed by atoms with van der Waals surface area (Å²) in [5, 5.41) is 10.9. The summed E-state index contributed by atoms with van der Waals surface area (Å²) in [6.45, 7) is 3.07. The van der Waals surface area contributed by atoms with Gasteiger partial charge in [0.2, 0.25) is 0 Å². The maximum atomic E-state index is 12.0. The number of carbonyl (C=O) groups is 1. The monoisotopic (exact) mass is 325 g/mol. The van der Waals surface area contributed by atoms with Crippen molar-refractivity contribution in [2.75, 3.05) is 13.1 Å². The van der Waals surface area contributed by atoms with Gasteiger partial charge in [0.1, 0.15) is 0 Å². The smallest absolute Gasteiger partial charge is 0.324 e. The lowest BCUT2D eigenvalue weighted by Gasteiger charge is -2.21. The van der Waals surface area contributed by atoms with Gasteiger partial charge in [-0.2, -0.15) is 0 Å². The number of hydrogen-bond donors (Lipinski definition) is 3. The number of aromatic nitrogens is 1. The number of halogens is 1. The zero-order valence-electron chi connectivity index (χ0n) is 12.9. The molecule has 22 heavy (non-hydrogen) atoms. The second-order valence-electron chi connectivity index (χ2n) is 5.01. The van der Waals surface area contributed by atoms with Gasteiger partial charge in [-0.25, -0.2) is 4.79 Å². The number of aryl methyl sites for hydroxylation is 1. The van der Waals surface area contributed by atoms with E-state index in [9.17, 15) is 4.79 Å². The van der Waals surface area contributed by atoms with Crippen molar-refractivity contribution >= 4 is 23.6 Å². The van der Waals surface area contributed by atoms with Gasteiger partial charge < -0.3 is 11.1 Å². The third-order valence-corrected chi connectivity index (χ3v) is 3.57. The third-order valence-electron chi connectivity index (χ3n) is 3.22. The van der Waals surface area contributed by atoms with Crippen molar-refractivity contribution in [3.05, 3.63) is 29.0 Å². The van der Waals surface area contributed by atoms with Crippen LogP contribution >= 0.6 is 11.6 Å². The summed E-state index contributed by atoms with van der Waals surface area (Å²) in [5.41, 5.74) is 6.27. The molecular weight excluding hydrogens is 302 g/mol. The van der Waals surface area contributed by atoms with Crippen LogP contribution in [0.25, 0.3) is 0 Å². The molecule has 0 fully saturated rings. The molecule has 1 aromatic rings. The van der Waals surface area contributed by atoms with Gasteiger partial charge in [-0.1, -0.05) is 31.4 Å². The highest BCUT2D eigenvalue weighted by Crippen LogP contribution is 2.13. The SMILES string of the molecule is CCCCCNC(=O)N(CCCc1ncccc1Cl)C(=N)N. The zero-order valence-corrected chi connectivity index (χ0v) is 13.7. The van der Waals surface area contributed by atoms with Crippen LogP contribution in [0.4, 0.5) is 4.79 Å². The number of guanidine groups is 1. The van der Waals surface area contributed by atoms with Crippen LogP contribution in [0.1, 0.15) is 38.3 Å². The first-order valence-electron chi connectivity index (χ1n) is 7.55. The summed E-state index contributed by atoms with van der Waals surface area (Å²) in [5.74, 6) is -0.250. The lowest BCUT2D eigenvalue weighted by atomic mass is 10.2. The van der Waals surface area contributed by atoms with Gasteiger partial charge in [0.25, 0.3) is 0 Å². The lowest BCUT2D eigenvalue weighted by Crippen LogP contribution is -2.47.